The van der Waals surface area contributed by atoms with Crippen molar-refractivity contribution in [2.75, 3.05) is 4.90 Å². The largest absolute Gasteiger partial charge is 0.309 e. The summed E-state index contributed by atoms with van der Waals surface area (Å²) in [7, 11) is 0. The Morgan fingerprint density at radius 1 is 0.422 bits per heavy atom. The van der Waals surface area contributed by atoms with Crippen molar-refractivity contribution in [3.05, 3.63) is 162 Å². The Labute approximate surface area is 265 Å². The average Bonchev–Trinajstić information content (AvgIpc) is 3.30. The highest BCUT2D eigenvalue weighted by Crippen LogP contribution is 2.55. The van der Waals surface area contributed by atoms with E-state index >= 15 is 0 Å². The summed E-state index contributed by atoms with van der Waals surface area (Å²) < 4.78 is 0. The standard InChI is InChI=1S/C44H35N/c1-43(2)36-20-10-8-18-34(36)42-40(26-23-29-15-11-21-37(43)41(29)42)45(39-22-12-14-28-13-5-6-16-31(28)39)30-24-25-33-32-17-7-9-19-35(32)44(3,4)38(33)27-30/h5-27H,1-4H3. The molecule has 0 unspecified atom stereocenters. The van der Waals surface area contributed by atoms with Crippen molar-refractivity contribution in [3.8, 4) is 22.3 Å². The van der Waals surface area contributed by atoms with Crippen molar-refractivity contribution in [1.82, 2.24) is 0 Å². The van der Waals surface area contributed by atoms with E-state index in [9.17, 15) is 0 Å². The summed E-state index contributed by atoms with van der Waals surface area (Å²) in [5, 5.41) is 5.13. The Hall–Kier alpha value is -5.14. The fraction of sp³-hybridized carbons (Fsp3) is 0.136. The first-order valence-corrected chi connectivity index (χ1v) is 16.0. The SMILES string of the molecule is CC1(C)c2ccccc2-c2ccc(N(c3ccc4cccc5c4c3-c3ccccc3C5(C)C)c3cccc4ccccc34)cc21. The Kier molecular flexibility index (Phi) is 5.37. The molecule has 2 aliphatic carbocycles. The maximum atomic E-state index is 2.53. The number of benzene rings is 7. The van der Waals surface area contributed by atoms with Gasteiger partial charge in [-0.05, 0) is 79.4 Å². The molecular weight excluding hydrogens is 542 g/mol. The lowest BCUT2D eigenvalue weighted by atomic mass is 9.68. The Bertz CT molecular complexity index is 2330. The van der Waals surface area contributed by atoms with Crippen molar-refractivity contribution in [2.45, 2.75) is 38.5 Å². The third-order valence-electron chi connectivity index (χ3n) is 10.6. The van der Waals surface area contributed by atoms with E-state index in [1.807, 2.05) is 0 Å². The maximum Gasteiger partial charge on any atom is 0.0546 e. The molecule has 0 spiro atoms. The topological polar surface area (TPSA) is 3.24 Å². The first-order valence-electron chi connectivity index (χ1n) is 16.0. The molecule has 9 rings (SSSR count). The summed E-state index contributed by atoms with van der Waals surface area (Å²) in [6.45, 7) is 9.49. The van der Waals surface area contributed by atoms with E-state index in [0.29, 0.717) is 0 Å². The van der Waals surface area contributed by atoms with E-state index in [-0.39, 0.29) is 10.8 Å². The monoisotopic (exact) mass is 577 g/mol. The molecule has 0 radical (unpaired) electrons. The lowest BCUT2D eigenvalue weighted by Crippen LogP contribution is -2.24. The molecule has 7 aromatic carbocycles. The Balaban J connectivity index is 1.40. The van der Waals surface area contributed by atoms with Crippen LogP contribution in [0.25, 0.3) is 43.8 Å². The smallest absolute Gasteiger partial charge is 0.0546 e. The first kappa shape index (κ1) is 26.3. The van der Waals surface area contributed by atoms with Crippen LogP contribution in [0.4, 0.5) is 17.1 Å². The second-order valence-electron chi connectivity index (χ2n) is 13.8. The van der Waals surface area contributed by atoms with Gasteiger partial charge in [-0.1, -0.05) is 143 Å². The predicted octanol–water partition coefficient (Wildman–Crippen LogP) is 12.1. The fourth-order valence-electron chi connectivity index (χ4n) is 8.38. The number of fused-ring (bicyclic) bond motifs is 6. The minimum absolute atomic E-state index is 0.0895. The minimum atomic E-state index is -0.102. The van der Waals surface area contributed by atoms with Crippen LogP contribution in [0, 0.1) is 0 Å². The molecule has 45 heavy (non-hydrogen) atoms. The summed E-state index contributed by atoms with van der Waals surface area (Å²) in [4.78, 5) is 2.53. The van der Waals surface area contributed by atoms with Crippen LogP contribution >= 0.6 is 0 Å². The van der Waals surface area contributed by atoms with Crippen LogP contribution in [-0.2, 0) is 10.8 Å². The second kappa shape index (κ2) is 9.19. The van der Waals surface area contributed by atoms with Crippen molar-refractivity contribution >= 4 is 38.6 Å². The number of anilines is 3. The zero-order valence-corrected chi connectivity index (χ0v) is 26.2. The molecular formula is C44H35N. The Morgan fingerprint density at radius 3 is 1.87 bits per heavy atom. The fourth-order valence-corrected chi connectivity index (χ4v) is 8.38. The molecule has 0 bridgehead atoms. The van der Waals surface area contributed by atoms with Gasteiger partial charge in [-0.25, -0.2) is 0 Å². The van der Waals surface area contributed by atoms with Gasteiger partial charge in [0.05, 0.1) is 11.4 Å². The van der Waals surface area contributed by atoms with E-state index in [2.05, 4.69) is 172 Å². The van der Waals surface area contributed by atoms with Gasteiger partial charge >= 0.3 is 0 Å². The van der Waals surface area contributed by atoms with E-state index in [4.69, 9.17) is 0 Å². The van der Waals surface area contributed by atoms with Crippen molar-refractivity contribution in [3.63, 3.8) is 0 Å². The zero-order chi connectivity index (χ0) is 30.5. The summed E-state index contributed by atoms with van der Waals surface area (Å²) in [5.41, 5.74) is 14.3. The molecule has 0 N–H and O–H groups in total. The van der Waals surface area contributed by atoms with Gasteiger partial charge in [0, 0.05) is 27.5 Å². The third-order valence-corrected chi connectivity index (χ3v) is 10.6. The van der Waals surface area contributed by atoms with Gasteiger partial charge in [0.2, 0.25) is 0 Å². The zero-order valence-electron chi connectivity index (χ0n) is 26.2. The molecule has 0 saturated carbocycles. The van der Waals surface area contributed by atoms with E-state index < -0.39 is 0 Å². The highest BCUT2D eigenvalue weighted by Gasteiger charge is 2.38. The van der Waals surface area contributed by atoms with E-state index in [1.54, 1.807) is 0 Å². The lowest BCUT2D eigenvalue weighted by molar-refractivity contribution is 0.645. The van der Waals surface area contributed by atoms with Crippen molar-refractivity contribution in [2.24, 2.45) is 0 Å². The van der Waals surface area contributed by atoms with Crippen LogP contribution in [0.3, 0.4) is 0 Å². The summed E-state index contributed by atoms with van der Waals surface area (Å²) in [6, 6.07) is 52.1. The van der Waals surface area contributed by atoms with Crippen LogP contribution < -0.4 is 4.90 Å². The molecule has 0 fully saturated rings. The highest BCUT2D eigenvalue weighted by molar-refractivity contribution is 6.11. The number of hydrogen-bond donors (Lipinski definition) is 0. The molecule has 1 nitrogen and oxygen atoms in total. The summed E-state index contributed by atoms with van der Waals surface area (Å²) >= 11 is 0. The van der Waals surface area contributed by atoms with Crippen molar-refractivity contribution in [1.29, 1.82) is 0 Å². The third kappa shape index (κ3) is 3.56. The quantitative estimate of drug-likeness (QED) is 0.202. The lowest BCUT2D eigenvalue weighted by Gasteiger charge is -2.38. The van der Waals surface area contributed by atoms with Gasteiger partial charge in [0.1, 0.15) is 0 Å². The normalized spacial score (nSPS) is 15.0. The van der Waals surface area contributed by atoms with Gasteiger partial charge in [0.25, 0.3) is 0 Å². The molecule has 216 valence electrons. The average molecular weight is 578 g/mol. The molecule has 0 aromatic heterocycles. The molecule has 1 heteroatoms. The van der Waals surface area contributed by atoms with Gasteiger partial charge in [-0.2, -0.15) is 0 Å². The number of hydrogen-bond acceptors (Lipinski definition) is 1. The molecule has 0 atom stereocenters. The molecule has 0 saturated heterocycles. The summed E-state index contributed by atoms with van der Waals surface area (Å²) in [6.07, 6.45) is 0. The van der Waals surface area contributed by atoms with Gasteiger partial charge in [-0.3, -0.25) is 0 Å². The van der Waals surface area contributed by atoms with Gasteiger partial charge in [-0.15, -0.1) is 0 Å². The van der Waals surface area contributed by atoms with Gasteiger partial charge < -0.3 is 4.90 Å². The molecule has 0 aliphatic heterocycles. The Morgan fingerprint density at radius 2 is 1.02 bits per heavy atom. The van der Waals surface area contributed by atoms with Crippen molar-refractivity contribution < 1.29 is 0 Å². The number of rotatable bonds is 3. The molecule has 7 aromatic rings. The predicted molar refractivity (Wildman–Crippen MR) is 191 cm³/mol. The second-order valence-corrected chi connectivity index (χ2v) is 13.8. The summed E-state index contributed by atoms with van der Waals surface area (Å²) in [5.74, 6) is 0. The van der Waals surface area contributed by atoms with Crippen LogP contribution in [-0.4, -0.2) is 0 Å². The molecule has 0 heterocycles. The maximum absolute atomic E-state index is 2.53. The van der Waals surface area contributed by atoms with Gasteiger partial charge in [0.15, 0.2) is 0 Å². The first-order chi connectivity index (χ1) is 21.9. The van der Waals surface area contributed by atoms with Crippen LogP contribution in [0.15, 0.2) is 140 Å². The molecule has 2 aliphatic rings. The highest BCUT2D eigenvalue weighted by atomic mass is 15.1. The van der Waals surface area contributed by atoms with E-state index in [0.717, 1.165) is 0 Å². The van der Waals surface area contributed by atoms with Crippen LogP contribution in [0.1, 0.15) is 49.9 Å². The van der Waals surface area contributed by atoms with Crippen LogP contribution in [0.2, 0.25) is 0 Å². The van der Waals surface area contributed by atoms with E-state index in [1.165, 1.54) is 83.1 Å². The minimum Gasteiger partial charge on any atom is -0.309 e. The van der Waals surface area contributed by atoms with Crippen LogP contribution in [0.5, 0.6) is 0 Å². The number of nitrogens with zero attached hydrogens (tertiary/aromatic N) is 1. The molecule has 0 amide bonds.